The predicted octanol–water partition coefficient (Wildman–Crippen LogP) is 8.54. The van der Waals surface area contributed by atoms with E-state index in [4.69, 9.17) is 23.4 Å². The van der Waals surface area contributed by atoms with Gasteiger partial charge in [-0.25, -0.2) is 0 Å². The number of hydrogen-bond donors (Lipinski definition) is 1. The average Bonchev–Trinajstić information content (AvgIpc) is 3.64. The summed E-state index contributed by atoms with van der Waals surface area (Å²) in [5.41, 5.74) is -1.03. The standard InChI is InChI=1S/C44H66O6Si/c1-11-35(30-46-51(40(7,8)9,36-20-15-13-16-21-36)37-22-17-14-18-23-37)39-31(3)28-32(4)43(48-39)25-19-26-44(50-43)33(5)29-42(12-2,49-44)38-24-27-41(10,47-38)34(6)45/h13-23,25,31-35,38-39,45H,11-12,24,26-30H2,1-10H3/t31-,32+,33+,34-,35-,38-,39-,41+,42+,43+,44-/m0/s1. The predicted molar refractivity (Wildman–Crippen MR) is 208 cm³/mol. The largest absolute Gasteiger partial charge is 0.407 e. The first-order valence-corrected chi connectivity index (χ1v) is 21.9. The molecule has 3 fully saturated rings. The van der Waals surface area contributed by atoms with Crippen molar-refractivity contribution >= 4 is 18.7 Å². The summed E-state index contributed by atoms with van der Waals surface area (Å²) in [5.74, 6) is -0.859. The number of ether oxygens (including phenoxy) is 4. The lowest BCUT2D eigenvalue weighted by Gasteiger charge is -2.54. The van der Waals surface area contributed by atoms with Crippen LogP contribution >= 0.6 is 0 Å². The fourth-order valence-electron chi connectivity index (χ4n) is 10.1. The highest BCUT2D eigenvalue weighted by molar-refractivity contribution is 6.99. The molecule has 1 N–H and O–H groups in total. The van der Waals surface area contributed by atoms with Crippen molar-refractivity contribution in [1.29, 1.82) is 0 Å². The second-order valence-corrected chi connectivity index (χ2v) is 22.1. The number of aliphatic hydroxyl groups excluding tert-OH is 1. The molecule has 11 atom stereocenters. The molecule has 0 amide bonds. The van der Waals surface area contributed by atoms with Crippen molar-refractivity contribution in [2.45, 2.75) is 160 Å². The normalized spacial score (nSPS) is 38.4. The van der Waals surface area contributed by atoms with Crippen LogP contribution in [-0.4, -0.2) is 61.1 Å². The molecule has 6 rings (SSSR count). The summed E-state index contributed by atoms with van der Waals surface area (Å²) >= 11 is 0. The van der Waals surface area contributed by atoms with Gasteiger partial charge in [0.1, 0.15) is 0 Å². The van der Waals surface area contributed by atoms with Crippen LogP contribution in [0.3, 0.4) is 0 Å². The molecule has 0 saturated carbocycles. The van der Waals surface area contributed by atoms with E-state index >= 15 is 0 Å². The Morgan fingerprint density at radius 2 is 1.55 bits per heavy atom. The third-order valence-corrected chi connectivity index (χ3v) is 18.5. The third kappa shape index (κ3) is 6.76. The Labute approximate surface area is 309 Å². The monoisotopic (exact) mass is 718 g/mol. The summed E-state index contributed by atoms with van der Waals surface area (Å²) in [7, 11) is -2.71. The van der Waals surface area contributed by atoms with Crippen LogP contribution in [0.25, 0.3) is 0 Å². The molecule has 0 radical (unpaired) electrons. The Hall–Kier alpha value is -1.84. The van der Waals surface area contributed by atoms with Crippen molar-refractivity contribution in [1.82, 2.24) is 0 Å². The van der Waals surface area contributed by atoms with E-state index in [1.807, 2.05) is 13.8 Å². The zero-order valence-corrected chi connectivity index (χ0v) is 34.1. The SMILES string of the molecule is CC[C@@H](CO[Si](c1ccccc1)(c1ccccc1)C(C)(C)C)[C@H]1O[C@@]2(C=CC[C@]3(O[C@@](CC)([C@@H]4CC[C@](C)([C@H](C)O)O4)C[C@H]3C)O2)[C@H](C)C[C@@H]1C. The Balaban J connectivity index is 1.27. The first kappa shape index (κ1) is 38.9. The van der Waals surface area contributed by atoms with Gasteiger partial charge >= 0.3 is 0 Å². The first-order chi connectivity index (χ1) is 24.1. The van der Waals surface area contributed by atoms with Crippen LogP contribution in [-0.2, 0) is 23.4 Å². The molecule has 51 heavy (non-hydrogen) atoms. The van der Waals surface area contributed by atoms with E-state index in [2.05, 4.69) is 128 Å². The summed E-state index contributed by atoms with van der Waals surface area (Å²) < 4.78 is 36.1. The van der Waals surface area contributed by atoms with Gasteiger partial charge in [-0.2, -0.15) is 0 Å². The minimum Gasteiger partial charge on any atom is -0.407 e. The molecular formula is C44H66O6Si. The van der Waals surface area contributed by atoms with Gasteiger partial charge < -0.3 is 28.5 Å². The molecule has 2 aromatic carbocycles. The summed E-state index contributed by atoms with van der Waals surface area (Å²) in [6.07, 6.45) is 9.77. The second kappa shape index (κ2) is 14.4. The van der Waals surface area contributed by atoms with Crippen LogP contribution in [0.1, 0.15) is 114 Å². The van der Waals surface area contributed by atoms with Crippen molar-refractivity contribution in [2.24, 2.45) is 23.7 Å². The zero-order chi connectivity index (χ0) is 36.9. The van der Waals surface area contributed by atoms with E-state index in [1.54, 1.807) is 0 Å². The summed E-state index contributed by atoms with van der Waals surface area (Å²) in [4.78, 5) is 0. The van der Waals surface area contributed by atoms with Crippen molar-refractivity contribution in [2.75, 3.05) is 6.61 Å². The molecule has 4 heterocycles. The average molecular weight is 719 g/mol. The van der Waals surface area contributed by atoms with E-state index in [1.165, 1.54) is 10.4 Å². The van der Waals surface area contributed by atoms with Crippen LogP contribution in [0, 0.1) is 23.7 Å². The van der Waals surface area contributed by atoms with Crippen LogP contribution in [0.15, 0.2) is 72.8 Å². The minimum atomic E-state index is -2.71. The summed E-state index contributed by atoms with van der Waals surface area (Å²) in [6.45, 7) is 22.9. The van der Waals surface area contributed by atoms with E-state index in [0.717, 1.165) is 38.5 Å². The van der Waals surface area contributed by atoms with Crippen LogP contribution < -0.4 is 10.4 Å². The number of aliphatic hydroxyl groups is 1. The molecule has 0 aliphatic carbocycles. The number of rotatable bonds is 10. The van der Waals surface area contributed by atoms with E-state index in [0.29, 0.717) is 18.9 Å². The van der Waals surface area contributed by atoms with Crippen molar-refractivity contribution in [3.8, 4) is 0 Å². The molecular weight excluding hydrogens is 653 g/mol. The number of hydrogen-bond acceptors (Lipinski definition) is 6. The molecule has 0 aromatic heterocycles. The summed E-state index contributed by atoms with van der Waals surface area (Å²) in [6, 6.07) is 21.9. The Bertz CT molecular complexity index is 1450. The molecule has 6 nitrogen and oxygen atoms in total. The van der Waals surface area contributed by atoms with Crippen molar-refractivity contribution in [3.63, 3.8) is 0 Å². The third-order valence-electron chi connectivity index (χ3n) is 13.5. The second-order valence-electron chi connectivity index (χ2n) is 17.8. The highest BCUT2D eigenvalue weighted by Crippen LogP contribution is 2.57. The first-order valence-electron chi connectivity index (χ1n) is 20.0. The van der Waals surface area contributed by atoms with Gasteiger partial charge in [-0.1, -0.05) is 122 Å². The Kier molecular flexibility index (Phi) is 11.0. The van der Waals surface area contributed by atoms with Crippen LogP contribution in [0.5, 0.6) is 0 Å². The maximum atomic E-state index is 10.5. The van der Waals surface area contributed by atoms with Crippen LogP contribution in [0.4, 0.5) is 0 Å². The van der Waals surface area contributed by atoms with Gasteiger partial charge in [-0.3, -0.25) is 0 Å². The quantitative estimate of drug-likeness (QED) is 0.196. The molecule has 0 unspecified atom stereocenters. The molecule has 4 aliphatic rings. The van der Waals surface area contributed by atoms with Gasteiger partial charge in [0, 0.05) is 30.8 Å². The summed E-state index contributed by atoms with van der Waals surface area (Å²) in [5, 5.41) is 13.0. The highest BCUT2D eigenvalue weighted by atomic mass is 28.4. The zero-order valence-electron chi connectivity index (χ0n) is 33.1. The van der Waals surface area contributed by atoms with E-state index in [-0.39, 0.29) is 35.0 Å². The van der Waals surface area contributed by atoms with Gasteiger partial charge in [-0.05, 0) is 79.8 Å². The van der Waals surface area contributed by atoms with Gasteiger partial charge in [0.2, 0.25) is 0 Å². The van der Waals surface area contributed by atoms with Crippen LogP contribution in [0.2, 0.25) is 5.04 Å². The van der Waals surface area contributed by atoms with E-state index in [9.17, 15) is 5.11 Å². The van der Waals surface area contributed by atoms with Gasteiger partial charge in [0.25, 0.3) is 8.32 Å². The highest BCUT2D eigenvalue weighted by Gasteiger charge is 2.64. The van der Waals surface area contributed by atoms with Gasteiger partial charge in [0.15, 0.2) is 11.6 Å². The topological polar surface area (TPSA) is 66.4 Å². The molecule has 4 aliphatic heterocycles. The molecule has 7 heteroatoms. The van der Waals surface area contributed by atoms with Gasteiger partial charge in [0.05, 0.1) is 29.5 Å². The smallest absolute Gasteiger partial charge is 0.261 e. The van der Waals surface area contributed by atoms with Crippen molar-refractivity contribution < 1.29 is 28.5 Å². The lowest BCUT2D eigenvalue weighted by Crippen LogP contribution is -2.67. The number of benzene rings is 2. The van der Waals surface area contributed by atoms with Crippen molar-refractivity contribution in [3.05, 3.63) is 72.8 Å². The minimum absolute atomic E-state index is 0.0400. The molecule has 3 saturated heterocycles. The maximum Gasteiger partial charge on any atom is 0.261 e. The lowest BCUT2D eigenvalue weighted by atomic mass is 9.77. The molecule has 2 aromatic rings. The Morgan fingerprint density at radius 3 is 2.08 bits per heavy atom. The van der Waals surface area contributed by atoms with Gasteiger partial charge in [-0.15, -0.1) is 0 Å². The maximum absolute atomic E-state index is 10.5. The molecule has 0 bridgehead atoms. The lowest BCUT2D eigenvalue weighted by molar-refractivity contribution is -0.401. The molecule has 2 spiro atoms. The molecule has 282 valence electrons. The van der Waals surface area contributed by atoms with E-state index < -0.39 is 37.2 Å². The fraction of sp³-hybridized carbons (Fsp3) is 0.682. The Morgan fingerprint density at radius 1 is 0.922 bits per heavy atom. The fourth-order valence-corrected chi connectivity index (χ4v) is 14.7.